The van der Waals surface area contributed by atoms with E-state index in [0.29, 0.717) is 0 Å². The van der Waals surface area contributed by atoms with Crippen molar-refractivity contribution in [1.82, 2.24) is 10.4 Å². The molecule has 3 nitrogen and oxygen atoms in total. The highest BCUT2D eigenvalue weighted by atomic mass is 79.9. The first kappa shape index (κ1) is 11.7. The molecule has 84 valence electrons. The van der Waals surface area contributed by atoms with Gasteiger partial charge in [-0.2, -0.15) is 11.3 Å². The van der Waals surface area contributed by atoms with Crippen LogP contribution in [0.5, 0.6) is 0 Å². The first-order chi connectivity index (χ1) is 7.72. The predicted molar refractivity (Wildman–Crippen MR) is 70.2 cm³/mol. The van der Waals surface area contributed by atoms with Gasteiger partial charge in [-0.3, -0.25) is 10.8 Å². The number of aryl methyl sites for hydroxylation is 1. The number of hydrazine groups is 1. The number of hydrogen-bond donors (Lipinski definition) is 2. The summed E-state index contributed by atoms with van der Waals surface area (Å²) < 4.78 is 1.07. The maximum atomic E-state index is 5.61. The van der Waals surface area contributed by atoms with Crippen molar-refractivity contribution in [2.45, 2.75) is 13.0 Å². The first-order valence-corrected chi connectivity index (χ1v) is 6.56. The van der Waals surface area contributed by atoms with E-state index in [-0.39, 0.29) is 6.04 Å². The first-order valence-electron chi connectivity index (χ1n) is 4.82. The fourth-order valence-electron chi connectivity index (χ4n) is 1.51. The third-order valence-corrected chi connectivity index (χ3v) is 4.14. The minimum Gasteiger partial charge on any atom is -0.271 e. The molecular formula is C11H12BrN3S. The number of hydrogen-bond acceptors (Lipinski definition) is 4. The lowest BCUT2D eigenvalue weighted by atomic mass is 10.0. The Hall–Kier alpha value is -0.750. The van der Waals surface area contributed by atoms with E-state index in [1.54, 1.807) is 11.3 Å². The van der Waals surface area contributed by atoms with Gasteiger partial charge in [-0.05, 0) is 45.4 Å². The van der Waals surface area contributed by atoms with Crippen molar-refractivity contribution in [3.63, 3.8) is 0 Å². The van der Waals surface area contributed by atoms with E-state index in [4.69, 9.17) is 5.84 Å². The van der Waals surface area contributed by atoms with Gasteiger partial charge in [-0.15, -0.1) is 0 Å². The molecule has 2 rings (SSSR count). The van der Waals surface area contributed by atoms with Crippen molar-refractivity contribution in [3.05, 3.63) is 50.4 Å². The molecule has 0 saturated carbocycles. The number of aromatic nitrogens is 1. The van der Waals surface area contributed by atoms with Crippen molar-refractivity contribution in [2.75, 3.05) is 0 Å². The summed E-state index contributed by atoms with van der Waals surface area (Å²) in [5, 5.41) is 4.12. The van der Waals surface area contributed by atoms with Gasteiger partial charge in [0.05, 0.1) is 6.04 Å². The van der Waals surface area contributed by atoms with Crippen LogP contribution in [0.4, 0.5) is 0 Å². The molecule has 0 bridgehead atoms. The molecule has 1 unspecified atom stereocenters. The molecule has 2 aromatic rings. The Morgan fingerprint density at radius 1 is 1.44 bits per heavy atom. The van der Waals surface area contributed by atoms with E-state index in [1.165, 1.54) is 0 Å². The Labute approximate surface area is 107 Å². The summed E-state index contributed by atoms with van der Waals surface area (Å²) in [6, 6.07) is 4.01. The number of nitrogens with zero attached hydrogens (tertiary/aromatic N) is 1. The average Bonchev–Trinajstić information content (AvgIpc) is 2.69. The second-order valence-corrected chi connectivity index (χ2v) is 5.11. The largest absolute Gasteiger partial charge is 0.271 e. The highest BCUT2D eigenvalue weighted by molar-refractivity contribution is 9.10. The molecule has 5 heteroatoms. The number of nitrogens with two attached hydrogens (primary N) is 1. The zero-order chi connectivity index (χ0) is 11.5. The lowest BCUT2D eigenvalue weighted by Gasteiger charge is -2.15. The topological polar surface area (TPSA) is 50.9 Å². The second-order valence-electron chi connectivity index (χ2n) is 3.51. The van der Waals surface area contributed by atoms with Crippen LogP contribution in [0.25, 0.3) is 0 Å². The van der Waals surface area contributed by atoms with Gasteiger partial charge < -0.3 is 0 Å². The Kier molecular flexibility index (Phi) is 3.70. The maximum Gasteiger partial charge on any atom is 0.0744 e. The zero-order valence-corrected chi connectivity index (χ0v) is 11.2. The molecule has 0 aliphatic rings. The van der Waals surface area contributed by atoms with E-state index < -0.39 is 0 Å². The van der Waals surface area contributed by atoms with E-state index in [2.05, 4.69) is 31.7 Å². The summed E-state index contributed by atoms with van der Waals surface area (Å²) in [4.78, 5) is 4.28. The van der Waals surface area contributed by atoms with Crippen LogP contribution in [-0.2, 0) is 0 Å². The molecule has 16 heavy (non-hydrogen) atoms. The van der Waals surface area contributed by atoms with Gasteiger partial charge in [0.25, 0.3) is 0 Å². The average molecular weight is 298 g/mol. The van der Waals surface area contributed by atoms with Gasteiger partial charge in [0.15, 0.2) is 0 Å². The zero-order valence-electron chi connectivity index (χ0n) is 8.77. The van der Waals surface area contributed by atoms with Crippen molar-refractivity contribution in [2.24, 2.45) is 5.84 Å². The Morgan fingerprint density at radius 3 is 2.75 bits per heavy atom. The van der Waals surface area contributed by atoms with Gasteiger partial charge in [0.2, 0.25) is 0 Å². The summed E-state index contributed by atoms with van der Waals surface area (Å²) in [5.41, 5.74) is 6.02. The molecule has 0 saturated heterocycles. The Bertz CT molecular complexity index is 466. The number of pyridine rings is 1. The minimum atomic E-state index is -0.0197. The summed E-state index contributed by atoms with van der Waals surface area (Å²) in [6.07, 6.45) is 1.85. The van der Waals surface area contributed by atoms with Gasteiger partial charge in [0.1, 0.15) is 0 Å². The summed E-state index contributed by atoms with van der Waals surface area (Å²) in [7, 11) is 0. The second kappa shape index (κ2) is 5.05. The molecule has 3 N–H and O–H groups in total. The van der Waals surface area contributed by atoms with Crippen LogP contribution in [0.2, 0.25) is 0 Å². The van der Waals surface area contributed by atoms with Gasteiger partial charge in [-0.1, -0.05) is 6.07 Å². The molecule has 0 spiro atoms. The number of rotatable bonds is 3. The highest BCUT2D eigenvalue weighted by Gasteiger charge is 2.16. The van der Waals surface area contributed by atoms with E-state index in [9.17, 15) is 0 Å². The standard InChI is InChI=1S/C11H12BrN3S/c1-7-2-3-8(4-14-7)11(15-13)9-5-16-6-10(9)12/h2-6,11,15H,13H2,1H3. The van der Waals surface area contributed by atoms with Crippen molar-refractivity contribution in [1.29, 1.82) is 0 Å². The molecule has 0 aliphatic carbocycles. The van der Waals surface area contributed by atoms with E-state index in [1.807, 2.05) is 30.6 Å². The minimum absolute atomic E-state index is 0.0197. The number of nitrogens with one attached hydrogen (secondary N) is 1. The molecule has 0 amide bonds. The van der Waals surface area contributed by atoms with E-state index >= 15 is 0 Å². The van der Waals surface area contributed by atoms with Crippen LogP contribution in [0.15, 0.2) is 33.6 Å². The van der Waals surface area contributed by atoms with Crippen LogP contribution < -0.4 is 11.3 Å². The maximum absolute atomic E-state index is 5.61. The molecule has 2 heterocycles. The predicted octanol–water partition coefficient (Wildman–Crippen LogP) is 2.77. The SMILES string of the molecule is Cc1ccc(C(NN)c2cscc2Br)cn1. The third kappa shape index (κ3) is 2.32. The van der Waals surface area contributed by atoms with Gasteiger partial charge in [-0.25, -0.2) is 5.43 Å². The smallest absolute Gasteiger partial charge is 0.0744 e. The highest BCUT2D eigenvalue weighted by Crippen LogP contribution is 2.30. The quantitative estimate of drug-likeness (QED) is 0.677. The van der Waals surface area contributed by atoms with Crippen molar-refractivity contribution >= 4 is 27.3 Å². The summed E-state index contributed by atoms with van der Waals surface area (Å²) in [5.74, 6) is 5.61. The molecule has 2 aromatic heterocycles. The normalized spacial score (nSPS) is 12.7. The van der Waals surface area contributed by atoms with Gasteiger partial charge >= 0.3 is 0 Å². The molecule has 0 aromatic carbocycles. The fourth-order valence-corrected chi connectivity index (χ4v) is 3.06. The van der Waals surface area contributed by atoms with Crippen LogP contribution in [0.3, 0.4) is 0 Å². The number of halogens is 1. The van der Waals surface area contributed by atoms with Crippen LogP contribution >= 0.6 is 27.3 Å². The summed E-state index contributed by atoms with van der Waals surface area (Å²) in [6.45, 7) is 1.97. The van der Waals surface area contributed by atoms with Gasteiger partial charge in [0, 0.05) is 21.7 Å². The molecule has 0 aliphatic heterocycles. The van der Waals surface area contributed by atoms with Crippen molar-refractivity contribution < 1.29 is 0 Å². The molecule has 0 radical (unpaired) electrons. The molecule has 0 fully saturated rings. The lowest BCUT2D eigenvalue weighted by molar-refractivity contribution is 0.634. The fraction of sp³-hybridized carbons (Fsp3) is 0.182. The van der Waals surface area contributed by atoms with Crippen LogP contribution in [-0.4, -0.2) is 4.98 Å². The van der Waals surface area contributed by atoms with Crippen LogP contribution in [0, 0.1) is 6.92 Å². The van der Waals surface area contributed by atoms with Crippen molar-refractivity contribution in [3.8, 4) is 0 Å². The Morgan fingerprint density at radius 2 is 2.25 bits per heavy atom. The van der Waals surface area contributed by atoms with E-state index in [0.717, 1.165) is 21.3 Å². The molecule has 1 atom stereocenters. The lowest BCUT2D eigenvalue weighted by Crippen LogP contribution is -2.28. The monoisotopic (exact) mass is 297 g/mol. The summed E-state index contributed by atoms with van der Waals surface area (Å²) >= 11 is 5.16. The third-order valence-electron chi connectivity index (χ3n) is 2.39. The number of thiophene rings is 1. The Balaban J connectivity index is 2.37. The van der Waals surface area contributed by atoms with Crippen LogP contribution in [0.1, 0.15) is 22.9 Å². The molecular weight excluding hydrogens is 286 g/mol.